The van der Waals surface area contributed by atoms with Crippen LogP contribution in [-0.4, -0.2) is 59.6 Å². The molecule has 1 amide bonds. The molecule has 0 radical (unpaired) electrons. The molecule has 0 saturated carbocycles. The van der Waals surface area contributed by atoms with Crippen LogP contribution in [0.25, 0.3) is 0 Å². The number of rotatable bonds is 4. The predicted molar refractivity (Wildman–Crippen MR) is 88.7 cm³/mol. The average molecular weight is 332 g/mol. The molecule has 130 valence electrons. The molecule has 24 heavy (non-hydrogen) atoms. The van der Waals surface area contributed by atoms with Crippen LogP contribution in [-0.2, 0) is 16.1 Å². The third-order valence-electron chi connectivity index (χ3n) is 5.63. The minimum Gasteiger partial charge on any atom is -0.497 e. The second-order valence-electron chi connectivity index (χ2n) is 6.78. The maximum Gasteiger partial charge on any atom is 0.309 e. The van der Waals surface area contributed by atoms with E-state index in [1.54, 1.807) is 19.1 Å². The van der Waals surface area contributed by atoms with Crippen LogP contribution in [0.5, 0.6) is 5.75 Å². The summed E-state index contributed by atoms with van der Waals surface area (Å²) in [6.07, 6.45) is 1.54. The summed E-state index contributed by atoms with van der Waals surface area (Å²) in [4.78, 5) is 27.6. The number of carbonyl (C=O) groups is 2. The fourth-order valence-corrected chi connectivity index (χ4v) is 4.11. The van der Waals surface area contributed by atoms with Crippen molar-refractivity contribution in [3.8, 4) is 5.75 Å². The first kappa shape index (κ1) is 16.8. The lowest BCUT2D eigenvalue weighted by atomic mass is 9.77. The van der Waals surface area contributed by atoms with E-state index in [4.69, 9.17) is 4.74 Å². The fraction of sp³-hybridized carbons (Fsp3) is 0.556. The van der Waals surface area contributed by atoms with Gasteiger partial charge in [-0.1, -0.05) is 12.1 Å². The van der Waals surface area contributed by atoms with Gasteiger partial charge in [0.05, 0.1) is 18.6 Å². The molecule has 1 N–H and O–H groups in total. The zero-order chi connectivity index (χ0) is 17.3. The molecule has 6 nitrogen and oxygen atoms in total. The number of carboxylic acids is 1. The number of piperidine rings is 1. The van der Waals surface area contributed by atoms with E-state index >= 15 is 0 Å². The topological polar surface area (TPSA) is 70.1 Å². The standard InChI is InChI=1S/C18H24N2O4/c1-19-16(21)11-15(17(22)23)18(19)6-8-20(9-7-18)12-13-4-3-5-14(10-13)24-2/h3-5,10,15H,6-9,11-12H2,1-2H3,(H,22,23)/t15-/m1/s1. The highest BCUT2D eigenvalue weighted by atomic mass is 16.5. The van der Waals surface area contributed by atoms with E-state index in [0.717, 1.165) is 25.4 Å². The summed E-state index contributed by atoms with van der Waals surface area (Å²) >= 11 is 0. The minimum absolute atomic E-state index is 0.0522. The van der Waals surface area contributed by atoms with E-state index in [9.17, 15) is 14.7 Å². The van der Waals surface area contributed by atoms with Gasteiger partial charge in [0, 0.05) is 33.1 Å². The van der Waals surface area contributed by atoms with Gasteiger partial charge in [-0.05, 0) is 30.5 Å². The number of methoxy groups -OCH3 is 1. The van der Waals surface area contributed by atoms with E-state index in [2.05, 4.69) is 11.0 Å². The maximum absolute atomic E-state index is 12.0. The van der Waals surface area contributed by atoms with Crippen molar-refractivity contribution < 1.29 is 19.4 Å². The minimum atomic E-state index is -0.853. The molecule has 0 unspecified atom stereocenters. The van der Waals surface area contributed by atoms with E-state index in [1.165, 1.54) is 5.56 Å². The van der Waals surface area contributed by atoms with Gasteiger partial charge in [-0.25, -0.2) is 0 Å². The van der Waals surface area contributed by atoms with E-state index < -0.39 is 17.4 Å². The van der Waals surface area contributed by atoms with Gasteiger partial charge in [0.1, 0.15) is 5.75 Å². The highest BCUT2D eigenvalue weighted by Gasteiger charge is 2.55. The number of aliphatic carboxylic acids is 1. The number of ether oxygens (including phenoxy) is 1. The Bertz CT molecular complexity index is 638. The first-order valence-electron chi connectivity index (χ1n) is 8.31. The number of benzene rings is 1. The third-order valence-corrected chi connectivity index (χ3v) is 5.63. The van der Waals surface area contributed by atoms with Crippen LogP contribution in [0, 0.1) is 5.92 Å². The third kappa shape index (κ3) is 2.86. The number of nitrogens with zero attached hydrogens (tertiary/aromatic N) is 2. The molecule has 0 aromatic heterocycles. The highest BCUT2D eigenvalue weighted by Crippen LogP contribution is 2.43. The zero-order valence-electron chi connectivity index (χ0n) is 14.2. The maximum atomic E-state index is 12.0. The van der Waals surface area contributed by atoms with Crippen LogP contribution in [0.3, 0.4) is 0 Å². The second-order valence-corrected chi connectivity index (χ2v) is 6.78. The van der Waals surface area contributed by atoms with Gasteiger partial charge in [-0.3, -0.25) is 14.5 Å². The van der Waals surface area contributed by atoms with Gasteiger partial charge in [0.15, 0.2) is 0 Å². The molecule has 2 aliphatic heterocycles. The number of carbonyl (C=O) groups excluding carboxylic acids is 1. The largest absolute Gasteiger partial charge is 0.497 e. The van der Waals surface area contributed by atoms with Crippen molar-refractivity contribution >= 4 is 11.9 Å². The summed E-state index contributed by atoms with van der Waals surface area (Å²) in [5.41, 5.74) is 0.657. The zero-order valence-corrected chi connectivity index (χ0v) is 14.2. The molecular weight excluding hydrogens is 308 g/mol. The fourth-order valence-electron chi connectivity index (χ4n) is 4.11. The van der Waals surface area contributed by atoms with Gasteiger partial charge in [-0.15, -0.1) is 0 Å². The average Bonchev–Trinajstić information content (AvgIpc) is 2.83. The van der Waals surface area contributed by atoms with Crippen LogP contribution in [0.15, 0.2) is 24.3 Å². The van der Waals surface area contributed by atoms with Crippen LogP contribution < -0.4 is 4.74 Å². The summed E-state index contributed by atoms with van der Waals surface area (Å²) in [7, 11) is 3.41. The number of hydrogen-bond donors (Lipinski definition) is 1. The highest BCUT2D eigenvalue weighted by molar-refractivity contribution is 5.88. The number of hydrogen-bond acceptors (Lipinski definition) is 4. The van der Waals surface area contributed by atoms with Crippen molar-refractivity contribution in [2.45, 2.75) is 31.3 Å². The smallest absolute Gasteiger partial charge is 0.309 e. The first-order chi connectivity index (χ1) is 11.5. The molecule has 3 rings (SSSR count). The van der Waals surface area contributed by atoms with Crippen molar-refractivity contribution in [1.29, 1.82) is 0 Å². The van der Waals surface area contributed by atoms with Gasteiger partial charge < -0.3 is 14.7 Å². The van der Waals surface area contributed by atoms with Crippen LogP contribution in [0.1, 0.15) is 24.8 Å². The van der Waals surface area contributed by atoms with Crippen molar-refractivity contribution in [2.24, 2.45) is 5.92 Å². The molecule has 0 aliphatic carbocycles. The van der Waals surface area contributed by atoms with E-state index in [-0.39, 0.29) is 12.3 Å². The monoisotopic (exact) mass is 332 g/mol. The van der Waals surface area contributed by atoms with Crippen molar-refractivity contribution in [2.75, 3.05) is 27.2 Å². The molecule has 6 heteroatoms. The SMILES string of the molecule is COc1cccc(CN2CCC3(CC2)[C@@H](C(=O)O)CC(=O)N3C)c1. The van der Waals surface area contributed by atoms with Gasteiger partial charge in [0.25, 0.3) is 0 Å². The normalized spacial score (nSPS) is 23.7. The molecule has 1 spiro atoms. The van der Waals surface area contributed by atoms with Crippen LogP contribution >= 0.6 is 0 Å². The Morgan fingerprint density at radius 1 is 1.38 bits per heavy atom. The summed E-state index contributed by atoms with van der Waals surface area (Å²) in [5.74, 6) is -0.653. The molecule has 1 aromatic carbocycles. The first-order valence-corrected chi connectivity index (χ1v) is 8.31. The molecule has 0 bridgehead atoms. The van der Waals surface area contributed by atoms with Crippen LogP contribution in [0.2, 0.25) is 0 Å². The molecule has 1 aromatic rings. The second kappa shape index (κ2) is 6.43. The Hall–Kier alpha value is -2.08. The van der Waals surface area contributed by atoms with Crippen molar-refractivity contribution in [1.82, 2.24) is 9.80 Å². The van der Waals surface area contributed by atoms with E-state index in [0.29, 0.717) is 12.8 Å². The lowest BCUT2D eigenvalue weighted by Gasteiger charge is -2.45. The lowest BCUT2D eigenvalue weighted by molar-refractivity contribution is -0.146. The van der Waals surface area contributed by atoms with Crippen molar-refractivity contribution in [3.63, 3.8) is 0 Å². The molecular formula is C18H24N2O4. The van der Waals surface area contributed by atoms with Gasteiger partial charge in [0.2, 0.25) is 5.91 Å². The van der Waals surface area contributed by atoms with E-state index in [1.807, 2.05) is 18.2 Å². The molecule has 2 aliphatic rings. The number of carboxylic acid groups (broad SMARTS) is 1. The van der Waals surface area contributed by atoms with Crippen molar-refractivity contribution in [3.05, 3.63) is 29.8 Å². The molecule has 1 atom stereocenters. The predicted octanol–water partition coefficient (Wildman–Crippen LogP) is 1.59. The Morgan fingerprint density at radius 2 is 2.08 bits per heavy atom. The summed E-state index contributed by atoms with van der Waals surface area (Å²) < 4.78 is 5.26. The summed E-state index contributed by atoms with van der Waals surface area (Å²) in [5, 5.41) is 9.52. The Labute approximate surface area is 142 Å². The molecule has 2 saturated heterocycles. The Kier molecular flexibility index (Phi) is 4.49. The quantitative estimate of drug-likeness (QED) is 0.907. The lowest BCUT2D eigenvalue weighted by Crippen LogP contribution is -2.55. The summed E-state index contributed by atoms with van der Waals surface area (Å²) in [6.45, 7) is 2.39. The number of amides is 1. The van der Waals surface area contributed by atoms with Gasteiger partial charge in [-0.2, -0.15) is 0 Å². The number of likely N-dealkylation sites (tertiary alicyclic amines) is 2. The Morgan fingerprint density at radius 3 is 2.71 bits per heavy atom. The summed E-state index contributed by atoms with van der Waals surface area (Å²) in [6, 6.07) is 7.99. The van der Waals surface area contributed by atoms with Crippen LogP contribution in [0.4, 0.5) is 0 Å². The molecule has 2 fully saturated rings. The molecule has 2 heterocycles. The van der Waals surface area contributed by atoms with Gasteiger partial charge >= 0.3 is 5.97 Å². The Balaban J connectivity index is 1.68.